The Morgan fingerprint density at radius 3 is 2.36 bits per heavy atom. The number of alkyl halides is 3. The maximum absolute atomic E-state index is 13.9. The first-order valence-corrected chi connectivity index (χ1v) is 11.1. The molecule has 2 amide bonds. The predicted octanol–water partition coefficient (Wildman–Crippen LogP) is 3.50. The second-order valence-corrected chi connectivity index (χ2v) is 8.48. The molecule has 4 rings (SSSR count). The number of anilines is 2. The van der Waals surface area contributed by atoms with Crippen LogP contribution in [0.3, 0.4) is 0 Å². The molecule has 2 aliphatic heterocycles. The fourth-order valence-electron chi connectivity index (χ4n) is 4.45. The smallest absolute Gasteiger partial charge is 0.324 e. The summed E-state index contributed by atoms with van der Waals surface area (Å²) in [6.45, 7) is 3.46. The standard InChI is InChI=1S/C24H27F3N4O2/c25-24(26,27)21-15-22(32)28-19-9-4-5-10-20(19)31(21)23(33)17-30-12-6-11-29(13-14-30)16-18-7-2-1-3-8-18/h1-5,7-10,21H,6,11-17H2,(H,28,32). The normalized spacial score (nSPS) is 20.5. The molecule has 0 aromatic heterocycles. The van der Waals surface area contributed by atoms with Gasteiger partial charge in [0.1, 0.15) is 6.04 Å². The molecular weight excluding hydrogens is 433 g/mol. The van der Waals surface area contributed by atoms with E-state index in [0.29, 0.717) is 13.1 Å². The molecule has 0 spiro atoms. The lowest BCUT2D eigenvalue weighted by Crippen LogP contribution is -2.52. The van der Waals surface area contributed by atoms with Crippen molar-refractivity contribution < 1.29 is 22.8 Å². The fraction of sp³-hybridized carbons (Fsp3) is 0.417. The van der Waals surface area contributed by atoms with Crippen LogP contribution in [0.25, 0.3) is 0 Å². The zero-order valence-electron chi connectivity index (χ0n) is 18.2. The van der Waals surface area contributed by atoms with E-state index in [1.54, 1.807) is 12.1 Å². The predicted molar refractivity (Wildman–Crippen MR) is 120 cm³/mol. The lowest BCUT2D eigenvalue weighted by Gasteiger charge is -2.33. The van der Waals surface area contributed by atoms with E-state index in [1.807, 2.05) is 23.1 Å². The van der Waals surface area contributed by atoms with Gasteiger partial charge in [0.05, 0.1) is 24.3 Å². The van der Waals surface area contributed by atoms with Gasteiger partial charge in [-0.25, -0.2) is 0 Å². The number of para-hydroxylation sites is 2. The second kappa shape index (κ2) is 9.93. The number of benzene rings is 2. The number of rotatable bonds is 4. The number of nitrogens with one attached hydrogen (secondary N) is 1. The zero-order chi connectivity index (χ0) is 23.4. The van der Waals surface area contributed by atoms with Crippen molar-refractivity contribution in [2.75, 3.05) is 42.9 Å². The highest BCUT2D eigenvalue weighted by molar-refractivity contribution is 6.05. The Bertz CT molecular complexity index is 983. The van der Waals surface area contributed by atoms with E-state index in [2.05, 4.69) is 22.3 Å². The van der Waals surface area contributed by atoms with Crippen molar-refractivity contribution in [3.8, 4) is 0 Å². The molecule has 1 saturated heterocycles. The third kappa shape index (κ3) is 5.72. The van der Waals surface area contributed by atoms with Gasteiger partial charge in [0.25, 0.3) is 0 Å². The summed E-state index contributed by atoms with van der Waals surface area (Å²) < 4.78 is 41.7. The molecule has 1 unspecified atom stereocenters. The van der Waals surface area contributed by atoms with Crippen molar-refractivity contribution in [2.24, 2.45) is 0 Å². The van der Waals surface area contributed by atoms with Gasteiger partial charge in [0.15, 0.2) is 0 Å². The van der Waals surface area contributed by atoms with Gasteiger partial charge in [0, 0.05) is 19.6 Å². The van der Waals surface area contributed by atoms with Crippen LogP contribution < -0.4 is 10.2 Å². The van der Waals surface area contributed by atoms with Crippen LogP contribution in [0.1, 0.15) is 18.4 Å². The van der Waals surface area contributed by atoms with Crippen LogP contribution in [0.2, 0.25) is 0 Å². The summed E-state index contributed by atoms with van der Waals surface area (Å²) in [5.74, 6) is -1.41. The van der Waals surface area contributed by atoms with Crippen molar-refractivity contribution in [1.29, 1.82) is 0 Å². The Hall–Kier alpha value is -2.91. The minimum absolute atomic E-state index is 0.0798. The molecular formula is C24H27F3N4O2. The number of fused-ring (bicyclic) bond motifs is 1. The fourth-order valence-corrected chi connectivity index (χ4v) is 4.45. The molecule has 1 N–H and O–H groups in total. The highest BCUT2D eigenvalue weighted by Crippen LogP contribution is 2.37. The van der Waals surface area contributed by atoms with Crippen molar-refractivity contribution in [1.82, 2.24) is 9.80 Å². The van der Waals surface area contributed by atoms with Crippen LogP contribution in [0, 0.1) is 0 Å². The summed E-state index contributed by atoms with van der Waals surface area (Å²) in [4.78, 5) is 30.4. The Morgan fingerprint density at radius 2 is 1.61 bits per heavy atom. The molecule has 33 heavy (non-hydrogen) atoms. The first-order valence-electron chi connectivity index (χ1n) is 11.1. The van der Waals surface area contributed by atoms with E-state index < -0.39 is 30.5 Å². The highest BCUT2D eigenvalue weighted by atomic mass is 19.4. The van der Waals surface area contributed by atoms with Crippen LogP contribution in [0.5, 0.6) is 0 Å². The summed E-state index contributed by atoms with van der Waals surface area (Å²) in [5, 5.41) is 2.50. The van der Waals surface area contributed by atoms with Gasteiger partial charge >= 0.3 is 6.18 Å². The second-order valence-electron chi connectivity index (χ2n) is 8.48. The molecule has 1 atom stereocenters. The number of carbonyl (C=O) groups excluding carboxylic acids is 2. The molecule has 0 aliphatic carbocycles. The molecule has 2 heterocycles. The van der Waals surface area contributed by atoms with E-state index in [9.17, 15) is 22.8 Å². The monoisotopic (exact) mass is 460 g/mol. The number of amides is 2. The van der Waals surface area contributed by atoms with Gasteiger partial charge in [-0.2, -0.15) is 13.2 Å². The van der Waals surface area contributed by atoms with Gasteiger partial charge in [-0.3, -0.25) is 24.3 Å². The molecule has 0 radical (unpaired) electrons. The molecule has 2 aliphatic rings. The van der Waals surface area contributed by atoms with Crippen molar-refractivity contribution in [2.45, 2.75) is 31.6 Å². The average Bonchev–Trinajstić information content (AvgIpc) is 3.08. The molecule has 9 heteroatoms. The SMILES string of the molecule is O=C1CC(C(F)(F)F)N(C(=O)CN2CCCN(Cc3ccccc3)CC2)c2ccccc2N1. The van der Waals surface area contributed by atoms with Gasteiger partial charge in [0.2, 0.25) is 11.8 Å². The Kier molecular flexibility index (Phi) is 6.99. The number of halogens is 3. The molecule has 0 saturated carbocycles. The molecule has 2 aromatic carbocycles. The lowest BCUT2D eigenvalue weighted by molar-refractivity contribution is -0.158. The largest absolute Gasteiger partial charge is 0.409 e. The van der Waals surface area contributed by atoms with Crippen LogP contribution in [0.4, 0.5) is 24.5 Å². The van der Waals surface area contributed by atoms with E-state index in [0.717, 1.165) is 31.0 Å². The first kappa shape index (κ1) is 23.3. The summed E-state index contributed by atoms with van der Waals surface area (Å²) in [6, 6.07) is 14.0. The van der Waals surface area contributed by atoms with Crippen molar-refractivity contribution >= 4 is 23.2 Å². The molecule has 176 valence electrons. The third-order valence-corrected chi connectivity index (χ3v) is 6.06. The molecule has 0 bridgehead atoms. The van der Waals surface area contributed by atoms with Gasteiger partial charge in [-0.05, 0) is 37.2 Å². The molecule has 2 aromatic rings. The lowest BCUT2D eigenvalue weighted by atomic mass is 10.1. The maximum Gasteiger partial charge on any atom is 0.409 e. The maximum atomic E-state index is 13.9. The van der Waals surface area contributed by atoms with Crippen molar-refractivity contribution in [3.05, 3.63) is 60.2 Å². The van der Waals surface area contributed by atoms with E-state index in [1.165, 1.54) is 17.7 Å². The van der Waals surface area contributed by atoms with Gasteiger partial charge in [-0.15, -0.1) is 0 Å². The Morgan fingerprint density at radius 1 is 0.939 bits per heavy atom. The molecule has 6 nitrogen and oxygen atoms in total. The topological polar surface area (TPSA) is 55.9 Å². The van der Waals surface area contributed by atoms with E-state index in [4.69, 9.17) is 0 Å². The summed E-state index contributed by atoms with van der Waals surface area (Å²) in [5.41, 5.74) is 1.50. The summed E-state index contributed by atoms with van der Waals surface area (Å²) >= 11 is 0. The van der Waals surface area contributed by atoms with Crippen molar-refractivity contribution in [3.63, 3.8) is 0 Å². The van der Waals surface area contributed by atoms with Gasteiger partial charge < -0.3 is 5.32 Å². The van der Waals surface area contributed by atoms with Crippen LogP contribution >= 0.6 is 0 Å². The van der Waals surface area contributed by atoms with E-state index in [-0.39, 0.29) is 17.9 Å². The van der Waals surface area contributed by atoms with Gasteiger partial charge in [-0.1, -0.05) is 42.5 Å². The third-order valence-electron chi connectivity index (χ3n) is 6.06. The van der Waals surface area contributed by atoms with Crippen LogP contribution in [-0.4, -0.2) is 66.6 Å². The quantitative estimate of drug-likeness (QED) is 0.759. The number of carbonyl (C=O) groups is 2. The highest BCUT2D eigenvalue weighted by Gasteiger charge is 2.49. The zero-order valence-corrected chi connectivity index (χ0v) is 18.2. The van der Waals surface area contributed by atoms with Crippen LogP contribution in [0.15, 0.2) is 54.6 Å². The minimum Gasteiger partial charge on any atom is -0.324 e. The number of hydrogen-bond acceptors (Lipinski definition) is 4. The number of nitrogens with zero attached hydrogens (tertiary/aromatic N) is 3. The Balaban J connectivity index is 1.48. The van der Waals surface area contributed by atoms with E-state index >= 15 is 0 Å². The molecule has 1 fully saturated rings. The average molecular weight is 461 g/mol. The summed E-state index contributed by atoms with van der Waals surface area (Å²) in [7, 11) is 0. The minimum atomic E-state index is -4.73. The number of hydrogen-bond donors (Lipinski definition) is 1. The van der Waals surface area contributed by atoms with Crippen LogP contribution in [-0.2, 0) is 16.1 Å². The Labute approximate surface area is 191 Å². The first-order chi connectivity index (χ1) is 15.8. The summed E-state index contributed by atoms with van der Waals surface area (Å²) in [6.07, 6.45) is -4.73.